The number of nitrogens with one attached hydrogen (secondary N) is 3. The second-order valence-corrected chi connectivity index (χ2v) is 9.60. The molecule has 0 amide bonds. The highest BCUT2D eigenvalue weighted by Crippen LogP contribution is 2.32. The summed E-state index contributed by atoms with van der Waals surface area (Å²) in [7, 11) is 0. The van der Waals surface area contributed by atoms with Crippen LogP contribution in [0, 0.1) is 0 Å². The molecule has 0 aromatic carbocycles. The van der Waals surface area contributed by atoms with Crippen LogP contribution in [0.3, 0.4) is 0 Å². The standard InChI is InChI=1S/C26H22N8OS/c1-2-21-24(30-20(1)16-9-18(11-28-10-16)35-17-3-6-27-7-4-17)25(34-33-21)26-31-22-13-29-12-19(23(22)32-26)15-5-8-36-14-15/h1-2,5,8-14,17,27H,3-4,6-7H2,(H,31,32)(H,33,34). The average Bonchev–Trinajstić information content (AvgIpc) is 3.68. The topological polar surface area (TPSA) is 117 Å². The summed E-state index contributed by atoms with van der Waals surface area (Å²) in [4.78, 5) is 22.0. The Kier molecular flexibility index (Phi) is 5.18. The van der Waals surface area contributed by atoms with Gasteiger partial charge in [-0.3, -0.25) is 15.1 Å². The van der Waals surface area contributed by atoms with Crippen LogP contribution in [0.2, 0.25) is 0 Å². The molecule has 6 aromatic heterocycles. The van der Waals surface area contributed by atoms with Crippen molar-refractivity contribution in [2.24, 2.45) is 0 Å². The maximum absolute atomic E-state index is 6.19. The van der Waals surface area contributed by atoms with Crippen LogP contribution in [-0.4, -0.2) is 54.3 Å². The van der Waals surface area contributed by atoms with Crippen LogP contribution in [-0.2, 0) is 0 Å². The first-order valence-corrected chi connectivity index (χ1v) is 12.8. The number of hydrogen-bond donors (Lipinski definition) is 3. The van der Waals surface area contributed by atoms with Crippen LogP contribution < -0.4 is 10.1 Å². The summed E-state index contributed by atoms with van der Waals surface area (Å²) in [5, 5.41) is 15.1. The maximum atomic E-state index is 6.19. The number of hydrogen-bond acceptors (Lipinski definition) is 8. The Morgan fingerprint density at radius 3 is 2.69 bits per heavy atom. The monoisotopic (exact) mass is 494 g/mol. The lowest BCUT2D eigenvalue weighted by atomic mass is 10.1. The summed E-state index contributed by atoms with van der Waals surface area (Å²) >= 11 is 1.65. The minimum absolute atomic E-state index is 0.209. The Morgan fingerprint density at radius 2 is 1.81 bits per heavy atom. The molecule has 1 saturated heterocycles. The number of rotatable bonds is 5. The van der Waals surface area contributed by atoms with Gasteiger partial charge in [0.25, 0.3) is 0 Å². The van der Waals surface area contributed by atoms with Crippen molar-refractivity contribution in [3.8, 4) is 39.7 Å². The van der Waals surface area contributed by atoms with Crippen LogP contribution in [0.25, 0.3) is 56.0 Å². The summed E-state index contributed by atoms with van der Waals surface area (Å²) in [5.74, 6) is 1.41. The third kappa shape index (κ3) is 3.80. The molecule has 7 heterocycles. The first-order chi connectivity index (χ1) is 17.8. The van der Waals surface area contributed by atoms with Crippen LogP contribution in [0.15, 0.2) is 59.8 Å². The number of H-pyrrole nitrogens is 2. The van der Waals surface area contributed by atoms with Crippen molar-refractivity contribution in [1.82, 2.24) is 40.4 Å². The van der Waals surface area contributed by atoms with Crippen molar-refractivity contribution in [2.75, 3.05) is 13.1 Å². The van der Waals surface area contributed by atoms with E-state index in [1.807, 2.05) is 30.6 Å². The molecule has 10 heteroatoms. The van der Waals surface area contributed by atoms with E-state index < -0.39 is 0 Å². The van der Waals surface area contributed by atoms with Crippen molar-refractivity contribution >= 4 is 33.4 Å². The third-order valence-corrected chi connectivity index (χ3v) is 7.14. The van der Waals surface area contributed by atoms with Crippen molar-refractivity contribution < 1.29 is 4.74 Å². The van der Waals surface area contributed by atoms with Crippen molar-refractivity contribution in [3.63, 3.8) is 0 Å². The number of nitrogens with zero attached hydrogens (tertiary/aromatic N) is 5. The van der Waals surface area contributed by atoms with Gasteiger partial charge in [-0.25, -0.2) is 9.97 Å². The molecule has 9 nitrogen and oxygen atoms in total. The molecule has 7 rings (SSSR count). The number of fused-ring (bicyclic) bond motifs is 2. The SMILES string of the molecule is c1cc(-c2cncc3[nH]c(-c4n[nH]c5ccc(-c6cncc(OC7CCNCC7)c6)nc45)nc23)cs1. The van der Waals surface area contributed by atoms with E-state index in [9.17, 15) is 0 Å². The zero-order valence-corrected chi connectivity index (χ0v) is 20.0. The first-order valence-electron chi connectivity index (χ1n) is 11.9. The van der Waals surface area contributed by atoms with Crippen LogP contribution in [0.5, 0.6) is 5.75 Å². The lowest BCUT2D eigenvalue weighted by molar-refractivity contribution is 0.162. The van der Waals surface area contributed by atoms with Crippen molar-refractivity contribution in [3.05, 3.63) is 59.8 Å². The van der Waals surface area contributed by atoms with Gasteiger partial charge >= 0.3 is 0 Å². The van der Waals surface area contributed by atoms with Crippen LogP contribution in [0.1, 0.15) is 12.8 Å². The quantitative estimate of drug-likeness (QED) is 0.315. The zero-order valence-electron chi connectivity index (χ0n) is 19.2. The lowest BCUT2D eigenvalue weighted by Gasteiger charge is -2.23. The van der Waals surface area contributed by atoms with Gasteiger partial charge in [0, 0.05) is 23.5 Å². The van der Waals surface area contributed by atoms with Gasteiger partial charge in [-0.2, -0.15) is 16.4 Å². The smallest absolute Gasteiger partial charge is 0.161 e. The van der Waals surface area contributed by atoms with E-state index in [4.69, 9.17) is 14.7 Å². The minimum atomic E-state index is 0.209. The molecule has 1 aliphatic rings. The Morgan fingerprint density at radius 1 is 0.889 bits per heavy atom. The molecule has 3 N–H and O–H groups in total. The molecule has 36 heavy (non-hydrogen) atoms. The van der Waals surface area contributed by atoms with Crippen LogP contribution in [0.4, 0.5) is 0 Å². The van der Waals surface area contributed by atoms with Gasteiger partial charge in [0.15, 0.2) is 11.5 Å². The number of aromatic amines is 2. The second-order valence-electron chi connectivity index (χ2n) is 8.82. The molecule has 1 aliphatic heterocycles. The molecule has 0 unspecified atom stereocenters. The number of ether oxygens (including phenoxy) is 1. The van der Waals surface area contributed by atoms with Crippen LogP contribution >= 0.6 is 11.3 Å². The molecule has 0 radical (unpaired) electrons. The summed E-state index contributed by atoms with van der Waals surface area (Å²) < 4.78 is 6.19. The Balaban J connectivity index is 1.26. The molecular weight excluding hydrogens is 472 g/mol. The molecular formula is C26H22N8OS. The van der Waals surface area contributed by atoms with Gasteiger partial charge in [-0.05, 0) is 66.5 Å². The van der Waals surface area contributed by atoms with E-state index in [1.54, 1.807) is 23.7 Å². The molecule has 178 valence electrons. The highest BCUT2D eigenvalue weighted by Gasteiger charge is 2.18. The second kappa shape index (κ2) is 8.81. The summed E-state index contributed by atoms with van der Waals surface area (Å²) in [5.41, 5.74) is 7.72. The third-order valence-electron chi connectivity index (χ3n) is 6.46. The molecule has 0 bridgehead atoms. The fourth-order valence-electron chi connectivity index (χ4n) is 4.63. The summed E-state index contributed by atoms with van der Waals surface area (Å²) in [6.07, 6.45) is 9.40. The molecule has 0 atom stereocenters. The zero-order chi connectivity index (χ0) is 23.9. The van der Waals surface area contributed by atoms with Gasteiger partial charge < -0.3 is 15.0 Å². The fraction of sp³-hybridized carbons (Fsp3) is 0.192. The number of aromatic nitrogens is 7. The Bertz CT molecular complexity index is 1670. The van der Waals surface area contributed by atoms with E-state index in [-0.39, 0.29) is 6.10 Å². The van der Waals surface area contributed by atoms with Gasteiger partial charge in [0.05, 0.1) is 29.1 Å². The van der Waals surface area contributed by atoms with E-state index in [0.29, 0.717) is 11.5 Å². The van der Waals surface area contributed by atoms with E-state index in [2.05, 4.69) is 47.3 Å². The maximum Gasteiger partial charge on any atom is 0.161 e. The van der Waals surface area contributed by atoms with Gasteiger partial charge in [0.2, 0.25) is 0 Å². The van der Waals surface area contributed by atoms with Gasteiger partial charge in [-0.1, -0.05) is 0 Å². The predicted molar refractivity (Wildman–Crippen MR) is 140 cm³/mol. The predicted octanol–water partition coefficient (Wildman–Crippen LogP) is 4.82. The molecule has 0 aliphatic carbocycles. The van der Waals surface area contributed by atoms with E-state index in [0.717, 1.165) is 76.1 Å². The number of thiophene rings is 1. The Hall–Kier alpha value is -4.15. The molecule has 0 spiro atoms. The largest absolute Gasteiger partial charge is 0.489 e. The normalized spacial score (nSPS) is 14.6. The minimum Gasteiger partial charge on any atom is -0.489 e. The number of piperidine rings is 1. The van der Waals surface area contributed by atoms with Crippen molar-refractivity contribution in [2.45, 2.75) is 18.9 Å². The summed E-state index contributed by atoms with van der Waals surface area (Å²) in [6, 6.07) is 8.02. The van der Waals surface area contributed by atoms with Gasteiger partial charge in [-0.15, -0.1) is 0 Å². The average molecular weight is 495 g/mol. The Labute approximate surface area is 210 Å². The highest BCUT2D eigenvalue weighted by molar-refractivity contribution is 7.08. The number of imidazole rings is 1. The molecule has 1 fully saturated rings. The number of pyridine rings is 3. The molecule has 6 aromatic rings. The lowest BCUT2D eigenvalue weighted by Crippen LogP contribution is -2.34. The van der Waals surface area contributed by atoms with E-state index >= 15 is 0 Å². The fourth-order valence-corrected chi connectivity index (χ4v) is 5.28. The van der Waals surface area contributed by atoms with Crippen molar-refractivity contribution in [1.29, 1.82) is 0 Å². The highest BCUT2D eigenvalue weighted by atomic mass is 32.1. The first kappa shape index (κ1) is 21.2. The summed E-state index contributed by atoms with van der Waals surface area (Å²) in [6.45, 7) is 1.96. The molecule has 0 saturated carbocycles. The van der Waals surface area contributed by atoms with Gasteiger partial charge in [0.1, 0.15) is 22.9 Å². The van der Waals surface area contributed by atoms with E-state index in [1.165, 1.54) is 0 Å².